The molecule has 0 saturated heterocycles. The second-order valence-electron chi connectivity index (χ2n) is 5.31. The first kappa shape index (κ1) is 14.5. The van der Waals surface area contributed by atoms with Gasteiger partial charge in [-0.25, -0.2) is 0 Å². The minimum atomic E-state index is -0.575. The third-order valence-electron chi connectivity index (χ3n) is 3.99. The van der Waals surface area contributed by atoms with Crippen molar-refractivity contribution in [2.75, 3.05) is 6.61 Å². The van der Waals surface area contributed by atoms with Crippen molar-refractivity contribution in [3.05, 3.63) is 39.4 Å². The smallest absolute Gasteiger partial charge is 0.273 e. The summed E-state index contributed by atoms with van der Waals surface area (Å²) in [5.41, 5.74) is -0.00383. The van der Waals surface area contributed by atoms with Crippen LogP contribution in [0.4, 0.5) is 5.69 Å². The summed E-state index contributed by atoms with van der Waals surface area (Å²) in [7, 11) is 0. The largest absolute Gasteiger partial charge is 0.394 e. The maximum atomic E-state index is 12.3. The van der Waals surface area contributed by atoms with Crippen molar-refractivity contribution < 1.29 is 14.8 Å². The molecule has 1 amide bonds. The SMILES string of the molecule is Cc1c(C(=O)NC2(CO)CCCC2)cccc1[N+](=O)[O-]. The van der Waals surface area contributed by atoms with E-state index >= 15 is 0 Å². The number of hydrogen-bond acceptors (Lipinski definition) is 4. The lowest BCUT2D eigenvalue weighted by Gasteiger charge is -2.28. The van der Waals surface area contributed by atoms with Gasteiger partial charge in [-0.1, -0.05) is 18.9 Å². The van der Waals surface area contributed by atoms with Crippen LogP contribution < -0.4 is 5.32 Å². The van der Waals surface area contributed by atoms with Crippen LogP contribution >= 0.6 is 0 Å². The molecule has 6 heteroatoms. The number of carbonyl (C=O) groups is 1. The molecule has 0 bridgehead atoms. The third kappa shape index (κ3) is 2.65. The summed E-state index contributed by atoms with van der Waals surface area (Å²) in [4.78, 5) is 22.7. The number of hydrogen-bond donors (Lipinski definition) is 2. The van der Waals surface area contributed by atoms with Gasteiger partial charge in [0.25, 0.3) is 11.6 Å². The Hall–Kier alpha value is -1.95. The van der Waals surface area contributed by atoms with Crippen molar-refractivity contribution in [1.82, 2.24) is 5.32 Å². The number of carbonyl (C=O) groups excluding carboxylic acids is 1. The van der Waals surface area contributed by atoms with Crippen LogP contribution in [0, 0.1) is 17.0 Å². The van der Waals surface area contributed by atoms with Crippen LogP contribution in [-0.2, 0) is 0 Å². The molecule has 0 aromatic heterocycles. The molecule has 108 valence electrons. The number of nitrogens with one attached hydrogen (secondary N) is 1. The molecule has 1 aromatic rings. The first-order valence-corrected chi connectivity index (χ1v) is 6.66. The van der Waals surface area contributed by atoms with Gasteiger partial charge in [0, 0.05) is 17.2 Å². The van der Waals surface area contributed by atoms with Crippen molar-refractivity contribution in [2.45, 2.75) is 38.1 Å². The molecule has 0 unspecified atom stereocenters. The first-order valence-electron chi connectivity index (χ1n) is 6.66. The Balaban J connectivity index is 2.25. The Labute approximate surface area is 117 Å². The summed E-state index contributed by atoms with van der Waals surface area (Å²) in [5.74, 6) is -0.359. The highest BCUT2D eigenvalue weighted by molar-refractivity contribution is 5.97. The van der Waals surface area contributed by atoms with E-state index in [1.165, 1.54) is 12.1 Å². The molecule has 6 nitrogen and oxygen atoms in total. The predicted octanol–water partition coefficient (Wildman–Crippen LogP) is 1.94. The Morgan fingerprint density at radius 2 is 2.10 bits per heavy atom. The minimum absolute atomic E-state index is 0.0675. The van der Waals surface area contributed by atoms with E-state index in [-0.39, 0.29) is 18.2 Å². The number of nitro groups is 1. The van der Waals surface area contributed by atoms with Crippen LogP contribution in [0.15, 0.2) is 18.2 Å². The van der Waals surface area contributed by atoms with Gasteiger partial charge in [-0.3, -0.25) is 14.9 Å². The van der Waals surface area contributed by atoms with Gasteiger partial charge in [0.1, 0.15) is 0 Å². The van der Waals surface area contributed by atoms with Gasteiger partial charge < -0.3 is 10.4 Å². The second kappa shape index (κ2) is 5.58. The van der Waals surface area contributed by atoms with Crippen LogP contribution in [-0.4, -0.2) is 28.1 Å². The zero-order valence-electron chi connectivity index (χ0n) is 11.4. The van der Waals surface area contributed by atoms with E-state index in [1.54, 1.807) is 13.0 Å². The molecule has 1 saturated carbocycles. The Bertz CT molecular complexity index is 536. The molecule has 0 spiro atoms. The van der Waals surface area contributed by atoms with Gasteiger partial charge in [-0.15, -0.1) is 0 Å². The topological polar surface area (TPSA) is 92.5 Å². The molecule has 2 N–H and O–H groups in total. The van der Waals surface area contributed by atoms with E-state index in [1.807, 2.05) is 0 Å². The summed E-state index contributed by atoms with van der Waals surface area (Å²) >= 11 is 0. The number of aliphatic hydroxyl groups is 1. The summed E-state index contributed by atoms with van der Waals surface area (Å²) in [6, 6.07) is 4.45. The highest BCUT2D eigenvalue weighted by atomic mass is 16.6. The van der Waals surface area contributed by atoms with Crippen molar-refractivity contribution in [3.8, 4) is 0 Å². The van der Waals surface area contributed by atoms with E-state index in [0.717, 1.165) is 25.7 Å². The Kier molecular flexibility index (Phi) is 4.04. The van der Waals surface area contributed by atoms with E-state index < -0.39 is 10.5 Å². The van der Waals surface area contributed by atoms with Gasteiger partial charge >= 0.3 is 0 Å². The number of nitrogens with zero attached hydrogens (tertiary/aromatic N) is 1. The highest BCUT2D eigenvalue weighted by Gasteiger charge is 2.35. The zero-order valence-corrected chi connectivity index (χ0v) is 11.4. The average Bonchev–Trinajstić information content (AvgIpc) is 2.87. The summed E-state index contributed by atoms with van der Waals surface area (Å²) in [6.07, 6.45) is 3.41. The van der Waals surface area contributed by atoms with Crippen LogP contribution in [0.5, 0.6) is 0 Å². The molecule has 2 rings (SSSR count). The second-order valence-corrected chi connectivity index (χ2v) is 5.31. The van der Waals surface area contributed by atoms with E-state index in [0.29, 0.717) is 11.1 Å². The molecule has 20 heavy (non-hydrogen) atoms. The highest BCUT2D eigenvalue weighted by Crippen LogP contribution is 2.30. The Morgan fingerprint density at radius 3 is 2.65 bits per heavy atom. The maximum Gasteiger partial charge on any atom is 0.273 e. The van der Waals surface area contributed by atoms with Gasteiger partial charge in [0.05, 0.1) is 17.1 Å². The quantitative estimate of drug-likeness (QED) is 0.650. The number of benzene rings is 1. The minimum Gasteiger partial charge on any atom is -0.394 e. The van der Waals surface area contributed by atoms with Crippen LogP contribution in [0.2, 0.25) is 0 Å². The first-order chi connectivity index (χ1) is 9.49. The third-order valence-corrected chi connectivity index (χ3v) is 3.99. The molecular formula is C14H18N2O4. The van der Waals surface area contributed by atoms with Crippen molar-refractivity contribution in [1.29, 1.82) is 0 Å². The fraction of sp³-hybridized carbons (Fsp3) is 0.500. The molecule has 0 atom stereocenters. The molecule has 0 aliphatic heterocycles. The normalized spacial score (nSPS) is 16.9. The lowest BCUT2D eigenvalue weighted by atomic mass is 9.97. The number of nitro benzene ring substituents is 1. The number of amides is 1. The van der Waals surface area contributed by atoms with Crippen molar-refractivity contribution >= 4 is 11.6 Å². The summed E-state index contributed by atoms with van der Waals surface area (Å²) in [6.45, 7) is 1.46. The predicted molar refractivity (Wildman–Crippen MR) is 73.6 cm³/mol. The van der Waals surface area contributed by atoms with Gasteiger partial charge in [-0.05, 0) is 25.8 Å². The van der Waals surface area contributed by atoms with Crippen LogP contribution in [0.1, 0.15) is 41.6 Å². The molecule has 1 fully saturated rings. The lowest BCUT2D eigenvalue weighted by molar-refractivity contribution is -0.385. The van der Waals surface area contributed by atoms with Crippen LogP contribution in [0.25, 0.3) is 0 Å². The lowest BCUT2D eigenvalue weighted by Crippen LogP contribution is -2.49. The van der Waals surface area contributed by atoms with E-state index in [9.17, 15) is 20.0 Å². The summed E-state index contributed by atoms with van der Waals surface area (Å²) in [5, 5.41) is 23.2. The Morgan fingerprint density at radius 1 is 1.45 bits per heavy atom. The standard InChI is InChI=1S/C14H18N2O4/c1-10-11(5-4-6-12(10)16(19)20)13(18)15-14(9-17)7-2-3-8-14/h4-6,17H,2-3,7-9H2,1H3,(H,15,18). The molecule has 1 aliphatic carbocycles. The molecule has 1 aliphatic rings. The molecule has 1 aromatic carbocycles. The average molecular weight is 278 g/mol. The van der Waals surface area contributed by atoms with Crippen molar-refractivity contribution in [2.24, 2.45) is 0 Å². The number of aliphatic hydroxyl groups excluding tert-OH is 1. The maximum absolute atomic E-state index is 12.3. The monoisotopic (exact) mass is 278 g/mol. The van der Waals surface area contributed by atoms with Gasteiger partial charge in [0.2, 0.25) is 0 Å². The zero-order chi connectivity index (χ0) is 14.8. The molecule has 0 radical (unpaired) electrons. The van der Waals surface area contributed by atoms with Gasteiger partial charge in [0.15, 0.2) is 0 Å². The van der Waals surface area contributed by atoms with E-state index in [2.05, 4.69) is 5.32 Å². The van der Waals surface area contributed by atoms with E-state index in [4.69, 9.17) is 0 Å². The molecule has 0 heterocycles. The fourth-order valence-corrected chi connectivity index (χ4v) is 2.75. The van der Waals surface area contributed by atoms with Crippen LogP contribution in [0.3, 0.4) is 0 Å². The van der Waals surface area contributed by atoms with Crippen molar-refractivity contribution in [3.63, 3.8) is 0 Å². The molecular weight excluding hydrogens is 260 g/mol. The fourth-order valence-electron chi connectivity index (χ4n) is 2.75. The van der Waals surface area contributed by atoms with Gasteiger partial charge in [-0.2, -0.15) is 0 Å². The summed E-state index contributed by atoms with van der Waals surface area (Å²) < 4.78 is 0. The number of rotatable bonds is 4.